The van der Waals surface area contributed by atoms with Crippen LogP contribution in [0.25, 0.3) is 0 Å². The maximum Gasteiger partial charge on any atom is 0.242 e. The predicted octanol–water partition coefficient (Wildman–Crippen LogP) is 2.47. The van der Waals surface area contributed by atoms with Gasteiger partial charge < -0.3 is 9.64 Å². The Morgan fingerprint density at radius 3 is 2.48 bits per heavy atom. The number of hydrogen-bond acceptors (Lipinski definition) is 4. The smallest absolute Gasteiger partial charge is 0.242 e. The molecule has 0 bridgehead atoms. The van der Waals surface area contributed by atoms with Crippen molar-refractivity contribution >= 4 is 21.6 Å². The van der Waals surface area contributed by atoms with Crippen LogP contribution in [0.15, 0.2) is 47.4 Å². The number of carbonyl (C=O) groups excluding carboxylic acids is 1. The van der Waals surface area contributed by atoms with Crippen molar-refractivity contribution < 1.29 is 17.9 Å². The van der Waals surface area contributed by atoms with E-state index < -0.39 is 10.0 Å². The summed E-state index contributed by atoms with van der Waals surface area (Å²) in [5.74, 6) is 0.842. The first-order valence-corrected chi connectivity index (χ1v) is 10.3. The highest BCUT2D eigenvalue weighted by molar-refractivity contribution is 7.89. The zero-order valence-electron chi connectivity index (χ0n) is 15.8. The molecule has 1 aliphatic heterocycles. The Morgan fingerprint density at radius 2 is 1.85 bits per heavy atom. The average Bonchev–Trinajstić information content (AvgIpc) is 3.09. The van der Waals surface area contributed by atoms with Crippen LogP contribution in [-0.4, -0.2) is 46.4 Å². The minimum atomic E-state index is -3.47. The zero-order chi connectivity index (χ0) is 19.6. The Bertz CT molecular complexity index is 937. The first kappa shape index (κ1) is 19.4. The van der Waals surface area contributed by atoms with E-state index in [-0.39, 0.29) is 10.8 Å². The van der Waals surface area contributed by atoms with Crippen LogP contribution in [-0.2, 0) is 27.7 Å². The third kappa shape index (κ3) is 3.99. The standard InChI is InChI=1S/C20H24N2O4S/c1-21(2)27(24,25)18-9-10-19-16(14-18)12-13-22(19)20(23)11-6-15-4-7-17(26-3)8-5-15/h4-5,7-10,14H,6,11-13H2,1-3H3. The van der Waals surface area contributed by atoms with Crippen LogP contribution in [0.4, 0.5) is 5.69 Å². The molecule has 0 radical (unpaired) electrons. The number of hydrogen-bond donors (Lipinski definition) is 0. The molecule has 0 fully saturated rings. The Balaban J connectivity index is 1.70. The average molecular weight is 388 g/mol. The summed E-state index contributed by atoms with van der Waals surface area (Å²) in [6.07, 6.45) is 1.73. The van der Waals surface area contributed by atoms with Crippen molar-refractivity contribution in [3.8, 4) is 5.75 Å². The lowest BCUT2D eigenvalue weighted by molar-refractivity contribution is -0.118. The molecule has 2 aromatic carbocycles. The molecule has 7 heteroatoms. The first-order chi connectivity index (χ1) is 12.8. The molecule has 0 aromatic heterocycles. The summed E-state index contributed by atoms with van der Waals surface area (Å²) in [7, 11) is 1.18. The fraction of sp³-hybridized carbons (Fsp3) is 0.350. The van der Waals surface area contributed by atoms with Gasteiger partial charge in [-0.2, -0.15) is 0 Å². The van der Waals surface area contributed by atoms with E-state index in [4.69, 9.17) is 4.74 Å². The van der Waals surface area contributed by atoms with Crippen molar-refractivity contribution in [2.24, 2.45) is 0 Å². The molecule has 1 amide bonds. The lowest BCUT2D eigenvalue weighted by atomic mass is 10.1. The third-order valence-corrected chi connectivity index (χ3v) is 6.62. The second-order valence-electron chi connectivity index (χ2n) is 6.72. The van der Waals surface area contributed by atoms with E-state index in [0.717, 1.165) is 22.6 Å². The molecule has 27 heavy (non-hydrogen) atoms. The van der Waals surface area contributed by atoms with Gasteiger partial charge >= 0.3 is 0 Å². The number of anilines is 1. The lowest BCUT2D eigenvalue weighted by Gasteiger charge is -2.18. The molecule has 0 spiro atoms. The number of ether oxygens (including phenoxy) is 1. The fourth-order valence-electron chi connectivity index (χ4n) is 3.19. The van der Waals surface area contributed by atoms with Crippen LogP contribution in [0.2, 0.25) is 0 Å². The van der Waals surface area contributed by atoms with Gasteiger partial charge in [0.05, 0.1) is 12.0 Å². The number of methoxy groups -OCH3 is 1. The lowest BCUT2D eigenvalue weighted by Crippen LogP contribution is -2.29. The minimum Gasteiger partial charge on any atom is -0.497 e. The van der Waals surface area contributed by atoms with Crippen molar-refractivity contribution in [3.05, 3.63) is 53.6 Å². The van der Waals surface area contributed by atoms with Crippen LogP contribution in [0.3, 0.4) is 0 Å². The predicted molar refractivity (Wildman–Crippen MR) is 105 cm³/mol. The van der Waals surface area contributed by atoms with E-state index in [0.29, 0.717) is 25.8 Å². The van der Waals surface area contributed by atoms with E-state index >= 15 is 0 Å². The number of nitrogens with zero attached hydrogens (tertiary/aromatic N) is 2. The second kappa shape index (κ2) is 7.70. The van der Waals surface area contributed by atoms with Gasteiger partial charge in [-0.25, -0.2) is 12.7 Å². The molecule has 1 heterocycles. The Labute approximate surface area is 160 Å². The summed E-state index contributed by atoms with van der Waals surface area (Å²) in [5, 5.41) is 0. The van der Waals surface area contributed by atoms with Crippen molar-refractivity contribution in [1.82, 2.24) is 4.31 Å². The monoisotopic (exact) mass is 388 g/mol. The van der Waals surface area contributed by atoms with E-state index in [1.54, 1.807) is 30.2 Å². The maximum absolute atomic E-state index is 12.7. The van der Waals surface area contributed by atoms with E-state index in [1.807, 2.05) is 24.3 Å². The molecule has 6 nitrogen and oxygen atoms in total. The quantitative estimate of drug-likeness (QED) is 0.762. The molecule has 1 aliphatic rings. The Morgan fingerprint density at radius 1 is 1.15 bits per heavy atom. The molecular weight excluding hydrogens is 364 g/mol. The number of amides is 1. The summed E-state index contributed by atoms with van der Waals surface area (Å²) in [5.41, 5.74) is 2.79. The van der Waals surface area contributed by atoms with Crippen molar-refractivity contribution in [2.75, 3.05) is 32.6 Å². The molecule has 3 rings (SSSR count). The summed E-state index contributed by atoms with van der Waals surface area (Å²) >= 11 is 0. The van der Waals surface area contributed by atoms with E-state index in [1.165, 1.54) is 18.4 Å². The number of rotatable bonds is 6. The highest BCUT2D eigenvalue weighted by Gasteiger charge is 2.27. The molecule has 0 saturated carbocycles. The van der Waals surface area contributed by atoms with Gasteiger partial charge in [0.25, 0.3) is 0 Å². The minimum absolute atomic E-state index is 0.0489. The molecule has 144 valence electrons. The largest absolute Gasteiger partial charge is 0.497 e. The van der Waals surface area contributed by atoms with Gasteiger partial charge in [-0.15, -0.1) is 0 Å². The summed E-state index contributed by atoms with van der Waals surface area (Å²) in [4.78, 5) is 14.7. The molecule has 0 unspecified atom stereocenters. The van der Waals surface area contributed by atoms with Gasteiger partial charge in [0.1, 0.15) is 5.75 Å². The third-order valence-electron chi connectivity index (χ3n) is 4.81. The summed E-state index contributed by atoms with van der Waals surface area (Å²) in [6, 6.07) is 12.7. The number of carbonyl (C=O) groups is 1. The van der Waals surface area contributed by atoms with Gasteiger partial charge in [-0.05, 0) is 54.3 Å². The fourth-order valence-corrected chi connectivity index (χ4v) is 4.14. The SMILES string of the molecule is COc1ccc(CCC(=O)N2CCc3cc(S(=O)(=O)N(C)C)ccc32)cc1. The number of fused-ring (bicyclic) bond motifs is 1. The molecular formula is C20H24N2O4S. The maximum atomic E-state index is 12.7. The van der Waals surface area contributed by atoms with Gasteiger partial charge in [0.15, 0.2) is 0 Å². The summed E-state index contributed by atoms with van der Waals surface area (Å²) < 4.78 is 30.9. The highest BCUT2D eigenvalue weighted by Crippen LogP contribution is 2.31. The topological polar surface area (TPSA) is 66.9 Å². The molecule has 0 N–H and O–H groups in total. The molecule has 0 atom stereocenters. The number of aryl methyl sites for hydroxylation is 1. The van der Waals surface area contributed by atoms with Crippen molar-refractivity contribution in [1.29, 1.82) is 0 Å². The Hall–Kier alpha value is -2.38. The summed E-state index contributed by atoms with van der Waals surface area (Å²) in [6.45, 7) is 0.586. The van der Waals surface area contributed by atoms with Crippen LogP contribution in [0, 0.1) is 0 Å². The normalized spacial score (nSPS) is 13.7. The van der Waals surface area contributed by atoms with Crippen LogP contribution >= 0.6 is 0 Å². The second-order valence-corrected chi connectivity index (χ2v) is 8.87. The number of benzene rings is 2. The van der Waals surface area contributed by atoms with Gasteiger partial charge in [-0.3, -0.25) is 4.79 Å². The Kier molecular flexibility index (Phi) is 5.53. The van der Waals surface area contributed by atoms with Crippen molar-refractivity contribution in [3.63, 3.8) is 0 Å². The van der Waals surface area contributed by atoms with Gasteiger partial charge in [0.2, 0.25) is 15.9 Å². The molecule has 0 aliphatic carbocycles. The van der Waals surface area contributed by atoms with E-state index in [2.05, 4.69) is 0 Å². The highest BCUT2D eigenvalue weighted by atomic mass is 32.2. The van der Waals surface area contributed by atoms with Gasteiger partial charge in [0, 0.05) is 32.7 Å². The molecule has 2 aromatic rings. The number of sulfonamides is 1. The van der Waals surface area contributed by atoms with E-state index in [9.17, 15) is 13.2 Å². The van der Waals surface area contributed by atoms with Gasteiger partial charge in [-0.1, -0.05) is 12.1 Å². The van der Waals surface area contributed by atoms with Crippen molar-refractivity contribution in [2.45, 2.75) is 24.2 Å². The van der Waals surface area contributed by atoms with Crippen LogP contribution in [0.1, 0.15) is 17.5 Å². The van der Waals surface area contributed by atoms with Crippen LogP contribution < -0.4 is 9.64 Å². The molecule has 0 saturated heterocycles. The first-order valence-electron chi connectivity index (χ1n) is 8.81. The van der Waals surface area contributed by atoms with Crippen LogP contribution in [0.5, 0.6) is 5.75 Å². The zero-order valence-corrected chi connectivity index (χ0v) is 16.6.